The molecule has 1 aliphatic rings. The fourth-order valence-electron chi connectivity index (χ4n) is 8.10. The largest absolute Gasteiger partial charge is 0.463 e. The molecule has 1 aliphatic carbocycles. The van der Waals surface area contributed by atoms with E-state index < -0.39 is 84.7 Å². The van der Waals surface area contributed by atoms with E-state index in [-0.39, 0.29) is 122 Å². The summed E-state index contributed by atoms with van der Waals surface area (Å²) in [7, 11) is 0. The highest BCUT2D eigenvalue weighted by Crippen LogP contribution is 2.27. The minimum absolute atomic E-state index is 0.00580. The maximum Gasteiger partial charge on any atom is 0.304 e. The standard InChI is InChI=1S/C51H88N6O21/c1-33(2)74-43-16-14-42(15-17-43)48(66)53-18-12-11-13-44(49(67)54-20-24-68-25-26-70-32-73-45(30-72-37(6)61)47(76-39(8)63)34(3)35(4)56-36(5)60)57(21-22-58)29-46(65)52-19-23-69-27-28-71-51(78-41(10)75-38(7)62)50(55-31-59)77-40(9)64/h22,31,33-35,41-45,47,50-51H,11-21,23-30,32H2,1-10H3,(H,52,65)(H,53,66)(H,54,67)(H,55,59)(H,56,60). The van der Waals surface area contributed by atoms with Crippen molar-refractivity contribution < 1.29 is 100 Å². The first-order valence-corrected chi connectivity index (χ1v) is 26.5. The third-order valence-electron chi connectivity index (χ3n) is 11.8. The highest BCUT2D eigenvalue weighted by Gasteiger charge is 2.36. The van der Waals surface area contributed by atoms with E-state index in [1.807, 2.05) is 13.8 Å². The van der Waals surface area contributed by atoms with Crippen LogP contribution in [0.25, 0.3) is 0 Å². The molecule has 27 nitrogen and oxygen atoms in total. The van der Waals surface area contributed by atoms with Crippen LogP contribution in [0.5, 0.6) is 0 Å². The van der Waals surface area contributed by atoms with Crippen LogP contribution in [0.15, 0.2) is 0 Å². The maximum absolute atomic E-state index is 13.8. The number of nitrogens with zero attached hydrogens (tertiary/aromatic N) is 1. The average molecular weight is 1120 g/mol. The molecule has 0 aliphatic heterocycles. The first kappa shape index (κ1) is 70.6. The molecule has 448 valence electrons. The van der Waals surface area contributed by atoms with Gasteiger partial charge >= 0.3 is 23.9 Å². The second kappa shape index (κ2) is 41.6. The molecule has 1 fully saturated rings. The van der Waals surface area contributed by atoms with Crippen molar-refractivity contribution in [3.8, 4) is 0 Å². The Kier molecular flexibility index (Phi) is 37.7. The van der Waals surface area contributed by atoms with Crippen LogP contribution in [0.2, 0.25) is 0 Å². The molecule has 78 heavy (non-hydrogen) atoms. The van der Waals surface area contributed by atoms with Gasteiger partial charge in [-0.25, -0.2) is 0 Å². The molecule has 8 atom stereocenters. The van der Waals surface area contributed by atoms with Crippen LogP contribution in [0.1, 0.15) is 114 Å². The van der Waals surface area contributed by atoms with Crippen LogP contribution in [-0.2, 0) is 100 Å². The monoisotopic (exact) mass is 1120 g/mol. The summed E-state index contributed by atoms with van der Waals surface area (Å²) >= 11 is 0. The SMILES string of the molecule is CC(=O)NC(C)C(C)C(OC(C)=O)C(COC(C)=O)OCOCCOCCNC(=O)C(CCCCNC(=O)C1CCC(OC(C)C)CC1)N(CC=O)CC(=O)NCCOCCOC(OC(C)OC(C)=O)C(NC=O)OC(C)=O. The Hall–Kier alpha value is -5.42. The number of hydrogen-bond acceptors (Lipinski definition) is 22. The average Bonchev–Trinajstić information content (AvgIpc) is 3.35. The number of nitrogens with one attached hydrogen (secondary N) is 5. The third-order valence-corrected chi connectivity index (χ3v) is 11.8. The summed E-state index contributed by atoms with van der Waals surface area (Å²) in [4.78, 5) is 123. The summed E-state index contributed by atoms with van der Waals surface area (Å²) in [5.41, 5.74) is 0. The Balaban J connectivity index is 2.87. The summed E-state index contributed by atoms with van der Waals surface area (Å²) in [5.74, 6) is -4.43. The van der Waals surface area contributed by atoms with Crippen molar-refractivity contribution in [1.82, 2.24) is 31.5 Å². The number of carbonyl (C=O) groups is 10. The number of aldehydes is 1. The number of amides is 5. The second-order valence-corrected chi connectivity index (χ2v) is 18.7. The summed E-state index contributed by atoms with van der Waals surface area (Å²) < 4.78 is 60.4. The lowest BCUT2D eigenvalue weighted by atomic mass is 9.86. The van der Waals surface area contributed by atoms with Crippen molar-refractivity contribution in [3.05, 3.63) is 0 Å². The van der Waals surface area contributed by atoms with Gasteiger partial charge in [-0.1, -0.05) is 6.92 Å². The Morgan fingerprint density at radius 3 is 1.88 bits per heavy atom. The molecule has 0 spiro atoms. The molecule has 27 heteroatoms. The molecule has 5 amide bonds. The van der Waals surface area contributed by atoms with Gasteiger partial charge in [0.15, 0.2) is 0 Å². The number of carbonyl (C=O) groups excluding carboxylic acids is 10. The third kappa shape index (κ3) is 33.1. The predicted octanol–water partition coefficient (Wildman–Crippen LogP) is 0.310. The number of hydrogen-bond donors (Lipinski definition) is 5. The predicted molar refractivity (Wildman–Crippen MR) is 275 cm³/mol. The van der Waals surface area contributed by atoms with Crippen molar-refractivity contribution in [2.75, 3.05) is 85.8 Å². The van der Waals surface area contributed by atoms with Gasteiger partial charge in [0.25, 0.3) is 0 Å². The first-order chi connectivity index (χ1) is 37.1. The quantitative estimate of drug-likeness (QED) is 0.0180. The van der Waals surface area contributed by atoms with Crippen molar-refractivity contribution in [2.24, 2.45) is 11.8 Å². The topological polar surface area (TPSA) is 336 Å². The van der Waals surface area contributed by atoms with Crippen molar-refractivity contribution in [1.29, 1.82) is 0 Å². The molecule has 0 radical (unpaired) electrons. The molecule has 5 N–H and O–H groups in total. The molecule has 0 aromatic heterocycles. The lowest BCUT2D eigenvalue weighted by Gasteiger charge is -2.33. The van der Waals surface area contributed by atoms with Gasteiger partial charge in [0.2, 0.25) is 48.8 Å². The van der Waals surface area contributed by atoms with E-state index >= 15 is 0 Å². The zero-order chi connectivity index (χ0) is 58.4. The van der Waals surface area contributed by atoms with Crippen LogP contribution in [0.3, 0.4) is 0 Å². The molecule has 1 rings (SSSR count). The molecule has 0 bridgehead atoms. The number of unbranched alkanes of at least 4 members (excludes halogenated alkanes) is 1. The Morgan fingerprint density at radius 1 is 0.667 bits per heavy atom. The normalized spacial score (nSPS) is 17.4. The van der Waals surface area contributed by atoms with Crippen LogP contribution >= 0.6 is 0 Å². The zero-order valence-corrected chi connectivity index (χ0v) is 47.2. The molecule has 0 aromatic rings. The van der Waals surface area contributed by atoms with Crippen LogP contribution < -0.4 is 26.6 Å². The molecule has 0 heterocycles. The molecule has 0 saturated heterocycles. The smallest absolute Gasteiger partial charge is 0.304 e. The number of esters is 4. The van der Waals surface area contributed by atoms with Gasteiger partial charge in [-0.05, 0) is 72.6 Å². The highest BCUT2D eigenvalue weighted by molar-refractivity contribution is 5.84. The summed E-state index contributed by atoms with van der Waals surface area (Å²) in [6.07, 6.45) is -0.346. The fraction of sp³-hybridized carbons (Fsp3) is 0.804. The van der Waals surface area contributed by atoms with Gasteiger partial charge < -0.3 is 83.5 Å². The van der Waals surface area contributed by atoms with E-state index in [2.05, 4.69) is 26.6 Å². The lowest BCUT2D eigenvalue weighted by molar-refractivity contribution is -0.270. The summed E-state index contributed by atoms with van der Waals surface area (Å²) in [6.45, 7) is 14.3. The minimum atomic E-state index is -1.40. The van der Waals surface area contributed by atoms with Crippen LogP contribution in [0, 0.1) is 11.8 Å². The van der Waals surface area contributed by atoms with Crippen molar-refractivity contribution in [3.63, 3.8) is 0 Å². The molecular formula is C51H88N6O21. The second-order valence-electron chi connectivity index (χ2n) is 18.7. The number of ether oxygens (including phenoxy) is 11. The van der Waals surface area contributed by atoms with E-state index in [0.717, 1.165) is 39.5 Å². The van der Waals surface area contributed by atoms with Crippen molar-refractivity contribution >= 4 is 60.2 Å². The molecule has 1 saturated carbocycles. The fourth-order valence-corrected chi connectivity index (χ4v) is 8.10. The van der Waals surface area contributed by atoms with Gasteiger partial charge in [-0.2, -0.15) is 0 Å². The van der Waals surface area contributed by atoms with E-state index in [4.69, 9.17) is 52.1 Å². The molecule has 8 unspecified atom stereocenters. The van der Waals surface area contributed by atoms with Gasteiger partial charge in [-0.3, -0.25) is 48.1 Å². The van der Waals surface area contributed by atoms with Gasteiger partial charge in [0.1, 0.15) is 31.9 Å². The Bertz CT molecular complexity index is 1810. The first-order valence-electron chi connectivity index (χ1n) is 26.5. The van der Waals surface area contributed by atoms with Crippen molar-refractivity contribution in [2.45, 2.75) is 169 Å². The van der Waals surface area contributed by atoms with E-state index in [1.54, 1.807) is 13.8 Å². The number of rotatable bonds is 44. The van der Waals surface area contributed by atoms with Gasteiger partial charge in [-0.15, -0.1) is 0 Å². The summed E-state index contributed by atoms with van der Waals surface area (Å²) in [5, 5.41) is 13.5. The Morgan fingerprint density at radius 2 is 1.29 bits per heavy atom. The lowest BCUT2D eigenvalue weighted by Crippen LogP contribution is -2.51. The molecule has 0 aromatic carbocycles. The summed E-state index contributed by atoms with van der Waals surface area (Å²) in [6, 6.07) is -1.36. The van der Waals surface area contributed by atoms with Gasteiger partial charge in [0.05, 0.1) is 71.0 Å². The van der Waals surface area contributed by atoms with Gasteiger partial charge in [0, 0.05) is 72.1 Å². The Labute approximate surface area is 457 Å². The van der Waals surface area contributed by atoms with E-state index in [0.29, 0.717) is 25.7 Å². The minimum Gasteiger partial charge on any atom is -0.463 e. The highest BCUT2D eigenvalue weighted by atomic mass is 16.8. The maximum atomic E-state index is 13.8. The van der Waals surface area contributed by atoms with E-state index in [1.165, 1.54) is 32.6 Å². The van der Waals surface area contributed by atoms with Crippen LogP contribution in [0.4, 0.5) is 0 Å². The molecular weight excluding hydrogens is 1030 g/mol. The van der Waals surface area contributed by atoms with E-state index in [9.17, 15) is 47.9 Å². The zero-order valence-electron chi connectivity index (χ0n) is 47.2. The van der Waals surface area contributed by atoms with Crippen LogP contribution in [-0.4, -0.2) is 206 Å².